The van der Waals surface area contributed by atoms with Crippen LogP contribution in [0.4, 0.5) is 4.79 Å². The normalized spacial score (nSPS) is 28.2. The molecule has 2 heterocycles. The average molecular weight is 322 g/mol. The lowest BCUT2D eigenvalue weighted by molar-refractivity contribution is 0.0928. The van der Waals surface area contributed by atoms with Gasteiger partial charge in [-0.3, -0.25) is 4.90 Å². The molecule has 132 valence electrons. The Labute approximate surface area is 141 Å². The number of hydrogen-bond acceptors (Lipinski definition) is 3. The van der Waals surface area contributed by atoms with Crippen LogP contribution in [-0.2, 0) is 0 Å². The third-order valence-corrected chi connectivity index (χ3v) is 6.07. The second-order valence-corrected chi connectivity index (χ2v) is 7.75. The smallest absolute Gasteiger partial charge is 0.317 e. The molecular formula is C18H34N4O. The standard InChI is InChI=1S/C18H34N4O/c1-20-9-5-4-8-17(20)15-21-10-12-22(13-11-21)18(23)19-14-16-6-2-3-7-16/h16-17H,2-15H2,1H3,(H,19,23)/t17-/m0/s1. The molecule has 1 aliphatic carbocycles. The number of nitrogens with zero attached hydrogens (tertiary/aromatic N) is 3. The summed E-state index contributed by atoms with van der Waals surface area (Å²) in [4.78, 5) is 19.4. The van der Waals surface area contributed by atoms with Crippen molar-refractivity contribution in [1.82, 2.24) is 20.0 Å². The van der Waals surface area contributed by atoms with Gasteiger partial charge in [-0.15, -0.1) is 0 Å². The van der Waals surface area contributed by atoms with E-state index in [0.29, 0.717) is 6.04 Å². The fourth-order valence-electron chi connectivity index (χ4n) is 4.36. The Balaban J connectivity index is 1.35. The lowest BCUT2D eigenvalue weighted by Crippen LogP contribution is -2.55. The minimum Gasteiger partial charge on any atom is -0.338 e. The zero-order chi connectivity index (χ0) is 16.1. The highest BCUT2D eigenvalue weighted by molar-refractivity contribution is 5.74. The van der Waals surface area contributed by atoms with Crippen molar-refractivity contribution >= 4 is 6.03 Å². The minimum absolute atomic E-state index is 0.159. The molecule has 0 aromatic carbocycles. The van der Waals surface area contributed by atoms with Gasteiger partial charge < -0.3 is 15.1 Å². The molecule has 2 saturated heterocycles. The summed E-state index contributed by atoms with van der Waals surface area (Å²) in [5, 5.41) is 3.16. The van der Waals surface area contributed by atoms with Crippen LogP contribution in [0, 0.1) is 5.92 Å². The number of piperazine rings is 1. The first-order valence-electron chi connectivity index (χ1n) is 9.68. The fourth-order valence-corrected chi connectivity index (χ4v) is 4.36. The van der Waals surface area contributed by atoms with Gasteiger partial charge in [0.2, 0.25) is 0 Å². The molecule has 5 heteroatoms. The van der Waals surface area contributed by atoms with E-state index in [1.807, 2.05) is 4.90 Å². The Hall–Kier alpha value is -0.810. The van der Waals surface area contributed by atoms with Crippen LogP contribution in [0.25, 0.3) is 0 Å². The number of carbonyl (C=O) groups excluding carboxylic acids is 1. The van der Waals surface area contributed by atoms with Gasteiger partial charge in [0.05, 0.1) is 0 Å². The van der Waals surface area contributed by atoms with Gasteiger partial charge in [0, 0.05) is 45.3 Å². The summed E-state index contributed by atoms with van der Waals surface area (Å²) < 4.78 is 0. The van der Waals surface area contributed by atoms with Crippen LogP contribution in [-0.4, -0.2) is 79.6 Å². The van der Waals surface area contributed by atoms with Gasteiger partial charge in [-0.05, 0) is 45.2 Å². The van der Waals surface area contributed by atoms with E-state index in [2.05, 4.69) is 22.2 Å². The number of likely N-dealkylation sites (tertiary alicyclic amines) is 1. The van der Waals surface area contributed by atoms with Crippen molar-refractivity contribution < 1.29 is 4.79 Å². The van der Waals surface area contributed by atoms with E-state index in [9.17, 15) is 4.79 Å². The van der Waals surface area contributed by atoms with Crippen LogP contribution in [0.2, 0.25) is 0 Å². The molecular weight excluding hydrogens is 288 g/mol. The van der Waals surface area contributed by atoms with Crippen molar-refractivity contribution in [3.63, 3.8) is 0 Å². The van der Waals surface area contributed by atoms with Crippen LogP contribution >= 0.6 is 0 Å². The second-order valence-electron chi connectivity index (χ2n) is 7.75. The van der Waals surface area contributed by atoms with E-state index in [1.54, 1.807) is 0 Å². The third-order valence-electron chi connectivity index (χ3n) is 6.07. The van der Waals surface area contributed by atoms with Crippen LogP contribution in [0.1, 0.15) is 44.9 Å². The van der Waals surface area contributed by atoms with Crippen molar-refractivity contribution in [3.05, 3.63) is 0 Å². The van der Waals surface area contributed by atoms with E-state index in [4.69, 9.17) is 0 Å². The molecule has 0 radical (unpaired) electrons. The van der Waals surface area contributed by atoms with Crippen molar-refractivity contribution in [3.8, 4) is 0 Å². The molecule has 0 aromatic heterocycles. The molecule has 23 heavy (non-hydrogen) atoms. The molecule has 5 nitrogen and oxygen atoms in total. The molecule has 2 amide bonds. The topological polar surface area (TPSA) is 38.8 Å². The highest BCUT2D eigenvalue weighted by Gasteiger charge is 2.26. The van der Waals surface area contributed by atoms with Gasteiger partial charge in [-0.2, -0.15) is 0 Å². The molecule has 2 aliphatic heterocycles. The summed E-state index contributed by atoms with van der Waals surface area (Å²) in [6, 6.07) is 0.873. The quantitative estimate of drug-likeness (QED) is 0.860. The molecule has 1 atom stereocenters. The van der Waals surface area contributed by atoms with E-state index in [-0.39, 0.29) is 6.03 Å². The summed E-state index contributed by atoms with van der Waals surface area (Å²) in [5.41, 5.74) is 0. The van der Waals surface area contributed by atoms with Gasteiger partial charge in [0.25, 0.3) is 0 Å². The van der Waals surface area contributed by atoms with Gasteiger partial charge in [-0.1, -0.05) is 19.3 Å². The maximum absolute atomic E-state index is 12.3. The Bertz CT molecular complexity index is 375. The Kier molecular flexibility index (Phi) is 6.17. The Morgan fingerprint density at radius 2 is 1.65 bits per heavy atom. The van der Waals surface area contributed by atoms with Crippen LogP contribution in [0.3, 0.4) is 0 Å². The molecule has 1 saturated carbocycles. The first-order chi connectivity index (χ1) is 11.2. The summed E-state index contributed by atoms with van der Waals surface area (Å²) in [6.07, 6.45) is 9.33. The number of likely N-dealkylation sites (N-methyl/N-ethyl adjacent to an activating group) is 1. The highest BCUT2D eigenvalue weighted by atomic mass is 16.2. The largest absolute Gasteiger partial charge is 0.338 e. The predicted octanol–water partition coefficient (Wildman–Crippen LogP) is 1.99. The van der Waals surface area contributed by atoms with Gasteiger partial charge in [0.15, 0.2) is 0 Å². The summed E-state index contributed by atoms with van der Waals surface area (Å²) >= 11 is 0. The van der Waals surface area contributed by atoms with E-state index in [1.165, 1.54) is 58.0 Å². The summed E-state index contributed by atoms with van der Waals surface area (Å²) in [7, 11) is 2.26. The first kappa shape index (κ1) is 17.0. The monoisotopic (exact) mass is 322 g/mol. The number of hydrogen-bond donors (Lipinski definition) is 1. The molecule has 0 bridgehead atoms. The summed E-state index contributed by atoms with van der Waals surface area (Å²) in [6.45, 7) is 7.12. The maximum Gasteiger partial charge on any atom is 0.317 e. The lowest BCUT2D eigenvalue weighted by atomic mass is 10.0. The lowest BCUT2D eigenvalue weighted by Gasteiger charge is -2.40. The van der Waals surface area contributed by atoms with E-state index >= 15 is 0 Å². The van der Waals surface area contributed by atoms with Crippen molar-refractivity contribution in [2.75, 3.05) is 52.9 Å². The number of urea groups is 1. The first-order valence-corrected chi connectivity index (χ1v) is 9.68. The molecule has 0 aromatic rings. The number of amides is 2. The van der Waals surface area contributed by atoms with E-state index in [0.717, 1.165) is 38.6 Å². The van der Waals surface area contributed by atoms with Gasteiger partial charge >= 0.3 is 6.03 Å². The highest BCUT2D eigenvalue weighted by Crippen LogP contribution is 2.23. The van der Waals surface area contributed by atoms with Crippen LogP contribution in [0.15, 0.2) is 0 Å². The molecule has 3 rings (SSSR count). The summed E-state index contributed by atoms with van der Waals surface area (Å²) in [5.74, 6) is 0.724. The van der Waals surface area contributed by atoms with Crippen LogP contribution < -0.4 is 5.32 Å². The van der Waals surface area contributed by atoms with Gasteiger partial charge in [0.1, 0.15) is 0 Å². The maximum atomic E-state index is 12.3. The van der Waals surface area contributed by atoms with E-state index < -0.39 is 0 Å². The van der Waals surface area contributed by atoms with Gasteiger partial charge in [-0.25, -0.2) is 4.79 Å². The van der Waals surface area contributed by atoms with Crippen molar-refractivity contribution in [1.29, 1.82) is 0 Å². The minimum atomic E-state index is 0.159. The van der Waals surface area contributed by atoms with Crippen molar-refractivity contribution in [2.24, 2.45) is 5.92 Å². The number of rotatable bonds is 4. The van der Waals surface area contributed by atoms with Crippen molar-refractivity contribution in [2.45, 2.75) is 51.0 Å². The zero-order valence-electron chi connectivity index (χ0n) is 14.8. The molecule has 1 N–H and O–H groups in total. The molecule has 3 aliphatic rings. The molecule has 0 unspecified atom stereocenters. The average Bonchev–Trinajstić information content (AvgIpc) is 3.09. The van der Waals surface area contributed by atoms with Crippen LogP contribution in [0.5, 0.6) is 0 Å². The number of piperidine rings is 1. The molecule has 0 spiro atoms. The Morgan fingerprint density at radius 1 is 0.957 bits per heavy atom. The Morgan fingerprint density at radius 3 is 2.35 bits per heavy atom. The second kappa shape index (κ2) is 8.34. The predicted molar refractivity (Wildman–Crippen MR) is 93.6 cm³/mol. The third kappa shape index (κ3) is 4.83. The SMILES string of the molecule is CN1CCCC[C@H]1CN1CCN(C(=O)NCC2CCCC2)CC1. The zero-order valence-corrected chi connectivity index (χ0v) is 14.8. The number of nitrogens with one attached hydrogen (secondary N) is 1. The fraction of sp³-hybridized carbons (Fsp3) is 0.944. The molecule has 3 fully saturated rings. The number of carbonyl (C=O) groups is 1.